The molecule has 1 aliphatic heterocycles. The fraction of sp³-hybridized carbons (Fsp3) is 0.179. The molecule has 0 bridgehead atoms. The second-order valence-electron chi connectivity index (χ2n) is 22.6. The molecule has 0 aliphatic carbocycles. The molecule has 8 aromatic carbocycles. The van der Waals surface area contributed by atoms with Gasteiger partial charge >= 0.3 is 32.8 Å². The van der Waals surface area contributed by atoms with Crippen molar-refractivity contribution in [2.75, 3.05) is 0 Å². The minimum atomic E-state index is -0.102. The normalized spacial score (nSPS) is 12.7. The van der Waals surface area contributed by atoms with E-state index >= 15 is 0 Å². The number of ether oxygens (including phenoxy) is 1. The number of pyridine rings is 1. The van der Waals surface area contributed by atoms with E-state index in [-0.39, 0.29) is 37.3 Å². The molecule has 7 nitrogen and oxygen atoms in total. The third-order valence-electron chi connectivity index (χ3n) is 14.4. The molecule has 12 rings (SSSR count). The Hall–Kier alpha value is -8.13. The zero-order valence-corrected chi connectivity index (χ0v) is 45.9. The molecule has 0 atom stereocenters. The minimum Gasteiger partial charge on any atom is -0.509 e. The maximum atomic E-state index is 9.89. The third kappa shape index (κ3) is 8.69. The molecule has 0 fully saturated rings. The van der Waals surface area contributed by atoms with Gasteiger partial charge in [0.1, 0.15) is 11.5 Å². The molecular weight excluding hydrogens is 1100 g/mol. The number of rotatable bonds is 7. The van der Waals surface area contributed by atoms with E-state index in [1.165, 1.54) is 32.9 Å². The van der Waals surface area contributed by atoms with Gasteiger partial charge in [-0.3, -0.25) is 0 Å². The molecule has 0 N–H and O–H groups in total. The quantitative estimate of drug-likeness (QED) is 0.118. The molecule has 1 aliphatic rings. The minimum absolute atomic E-state index is 0. The first-order valence-electron chi connectivity index (χ1n) is 25.3. The molecule has 75 heavy (non-hydrogen) atoms. The Morgan fingerprint density at radius 3 is 1.89 bits per heavy atom. The van der Waals surface area contributed by atoms with E-state index in [2.05, 4.69) is 232 Å². The van der Waals surface area contributed by atoms with E-state index < -0.39 is 0 Å². The van der Waals surface area contributed by atoms with Crippen molar-refractivity contribution in [1.29, 1.82) is 5.26 Å². The summed E-state index contributed by atoms with van der Waals surface area (Å²) in [5, 5.41) is 14.2. The van der Waals surface area contributed by atoms with Crippen molar-refractivity contribution >= 4 is 72.4 Å². The molecule has 0 unspecified atom stereocenters. The summed E-state index contributed by atoms with van der Waals surface area (Å²) in [4.78, 5) is 4.86. The summed E-state index contributed by atoms with van der Waals surface area (Å²) in [6.07, 6.45) is 1.86. The Morgan fingerprint density at radius 2 is 1.20 bits per heavy atom. The average molecular weight is 1160 g/mol. The van der Waals surface area contributed by atoms with Crippen LogP contribution < -0.4 is 13.9 Å². The summed E-state index contributed by atoms with van der Waals surface area (Å²) in [6, 6.07) is 73.2. The van der Waals surface area contributed by atoms with Crippen LogP contribution in [0.4, 0.5) is 22.7 Å². The Labute approximate surface area is 453 Å². The van der Waals surface area contributed by atoms with Gasteiger partial charge in [-0.05, 0) is 109 Å². The van der Waals surface area contributed by atoms with E-state index in [0.29, 0.717) is 17.1 Å². The van der Waals surface area contributed by atoms with Crippen molar-refractivity contribution in [3.63, 3.8) is 0 Å². The fourth-order valence-corrected chi connectivity index (χ4v) is 10.4. The van der Waals surface area contributed by atoms with Crippen LogP contribution in [0.5, 0.6) is 11.5 Å². The van der Waals surface area contributed by atoms with Gasteiger partial charge in [0.05, 0.1) is 28.2 Å². The summed E-state index contributed by atoms with van der Waals surface area (Å²) in [5.41, 5.74) is 15.1. The van der Waals surface area contributed by atoms with Crippen molar-refractivity contribution in [3.05, 3.63) is 210 Å². The van der Waals surface area contributed by atoms with Crippen LogP contribution in [0.15, 0.2) is 176 Å². The van der Waals surface area contributed by atoms with Gasteiger partial charge in [0.25, 0.3) is 5.69 Å². The molecule has 3 aromatic heterocycles. The van der Waals surface area contributed by atoms with Gasteiger partial charge in [0.2, 0.25) is 5.69 Å². The fourth-order valence-electron chi connectivity index (χ4n) is 10.4. The first-order valence-corrected chi connectivity index (χ1v) is 25.3. The number of aromatic nitrogens is 3. The zero-order chi connectivity index (χ0) is 51.3. The standard InChI is InChI=1S/C67H56N6O.Pt/c1-65(2,3)45-31-32-69-63(38-45)73-60-30-27-43(41-68)33-57(60)56-29-28-52(40-62(56)73)74-51-20-15-18-48(39-51)70-42-71(50-36-46(66(4,5)6)35-47(37-50)67(7,8)9)64-53(23-16-26-61(64)70)44-17-14-19-49(34-44)72-58-24-12-10-21-54(58)55-22-11-13-25-59(55)72;/h10-38H,1-9H3;/q;+2. The van der Waals surface area contributed by atoms with E-state index in [1.54, 1.807) is 0 Å². The van der Waals surface area contributed by atoms with Crippen molar-refractivity contribution in [3.8, 4) is 40.2 Å². The smallest absolute Gasteiger partial charge is 0.509 e. The summed E-state index contributed by atoms with van der Waals surface area (Å²) in [5.74, 6) is 1.83. The maximum absolute atomic E-state index is 9.89. The number of fused-ring (bicyclic) bond motifs is 7. The molecule has 0 amide bonds. The van der Waals surface area contributed by atoms with Crippen LogP contribution in [-0.2, 0) is 37.3 Å². The van der Waals surface area contributed by atoms with Crippen LogP contribution in [0.1, 0.15) is 84.6 Å². The van der Waals surface area contributed by atoms with Gasteiger partial charge in [-0.1, -0.05) is 145 Å². The number of nitrogens with zero attached hydrogens (tertiary/aromatic N) is 6. The van der Waals surface area contributed by atoms with Gasteiger partial charge in [-0.15, -0.1) is 23.6 Å². The van der Waals surface area contributed by atoms with E-state index in [0.717, 1.165) is 72.8 Å². The predicted molar refractivity (Wildman–Crippen MR) is 304 cm³/mol. The van der Waals surface area contributed by atoms with Crippen LogP contribution in [0, 0.1) is 23.5 Å². The van der Waals surface area contributed by atoms with E-state index in [4.69, 9.17) is 9.72 Å². The maximum Gasteiger partial charge on any atom is 2.00 e. The molecule has 0 saturated carbocycles. The Kier molecular flexibility index (Phi) is 12.0. The van der Waals surface area contributed by atoms with Crippen molar-refractivity contribution in [2.24, 2.45) is 0 Å². The van der Waals surface area contributed by atoms with E-state index in [1.807, 2.05) is 48.7 Å². The molecule has 4 heterocycles. The molecule has 0 spiro atoms. The van der Waals surface area contributed by atoms with E-state index in [9.17, 15) is 5.26 Å². The SMILES string of the molecule is CC(C)(C)c1cc([N+]2=C=[N+](c3[c-]c(Oc4[c-]c5c(cc4)c4cc(C#N)ccc4n5-c4cc(C(C)(C)C)ccn4)ccc3)c3cccc(-c4cccc(-n5c6ccccc6c6ccccc65)c4)c32)cc(C(C)(C)C)c1.[Pt+2]. The van der Waals surface area contributed by atoms with Crippen LogP contribution in [0.3, 0.4) is 0 Å². The van der Waals surface area contributed by atoms with Crippen LogP contribution >= 0.6 is 0 Å². The Morgan fingerprint density at radius 1 is 0.547 bits per heavy atom. The van der Waals surface area contributed by atoms with Gasteiger partial charge in [-0.25, -0.2) is 4.98 Å². The summed E-state index contributed by atoms with van der Waals surface area (Å²) < 4.78 is 15.6. The number of nitriles is 1. The largest absolute Gasteiger partial charge is 2.00 e. The first kappa shape index (κ1) is 49.1. The second kappa shape index (κ2) is 18.4. The molecular formula is C67H56N6OPt+2. The van der Waals surface area contributed by atoms with Gasteiger partial charge in [0.15, 0.2) is 0 Å². The topological polar surface area (TPSA) is 61.8 Å². The summed E-state index contributed by atoms with van der Waals surface area (Å²) >= 11 is 0. The summed E-state index contributed by atoms with van der Waals surface area (Å²) in [7, 11) is 0. The molecule has 8 heteroatoms. The molecule has 0 radical (unpaired) electrons. The number of benzene rings is 8. The monoisotopic (exact) mass is 1160 g/mol. The molecule has 368 valence electrons. The Balaban J connectivity index is 0.00000602. The molecule has 0 saturated heterocycles. The van der Waals surface area contributed by atoms with Gasteiger partial charge in [0, 0.05) is 57.9 Å². The number of hydrogen-bond acceptors (Lipinski definition) is 3. The Bertz CT molecular complexity index is 4150. The first-order chi connectivity index (χ1) is 35.5. The number of hydrogen-bond donors (Lipinski definition) is 0. The van der Waals surface area contributed by atoms with Crippen LogP contribution in [0.2, 0.25) is 0 Å². The zero-order valence-electron chi connectivity index (χ0n) is 43.7. The van der Waals surface area contributed by atoms with Crippen LogP contribution in [-0.4, -0.2) is 20.1 Å². The van der Waals surface area contributed by atoms with Crippen molar-refractivity contribution < 1.29 is 25.8 Å². The summed E-state index contributed by atoms with van der Waals surface area (Å²) in [6.45, 7) is 20.3. The third-order valence-corrected chi connectivity index (χ3v) is 14.4. The van der Waals surface area contributed by atoms with Crippen molar-refractivity contribution in [1.82, 2.24) is 23.3 Å². The second-order valence-corrected chi connectivity index (χ2v) is 22.6. The van der Waals surface area contributed by atoms with Crippen LogP contribution in [0.25, 0.3) is 66.2 Å². The van der Waals surface area contributed by atoms with Gasteiger partial charge < -0.3 is 13.9 Å². The predicted octanol–water partition coefficient (Wildman–Crippen LogP) is 17.0. The van der Waals surface area contributed by atoms with Gasteiger partial charge in [-0.2, -0.15) is 17.4 Å². The number of para-hydroxylation sites is 3. The molecule has 11 aromatic rings. The average Bonchev–Trinajstić information content (AvgIpc) is 4.06. The van der Waals surface area contributed by atoms with Crippen molar-refractivity contribution in [2.45, 2.75) is 78.6 Å².